The van der Waals surface area contributed by atoms with Gasteiger partial charge in [-0.2, -0.15) is 0 Å². The first-order valence-corrected chi connectivity index (χ1v) is 5.91. The van der Waals surface area contributed by atoms with Gasteiger partial charge in [-0.3, -0.25) is 4.79 Å². The lowest BCUT2D eigenvalue weighted by atomic mass is 10.0. The molecule has 1 atom stereocenters. The van der Waals surface area contributed by atoms with Gasteiger partial charge in [-0.1, -0.05) is 30.3 Å². The lowest BCUT2D eigenvalue weighted by Gasteiger charge is -2.25. The van der Waals surface area contributed by atoms with Crippen molar-refractivity contribution in [1.29, 1.82) is 0 Å². The Balaban J connectivity index is 2.95. The van der Waals surface area contributed by atoms with E-state index in [1.807, 2.05) is 6.07 Å². The molecule has 0 fully saturated rings. The molecule has 0 radical (unpaired) electrons. The van der Waals surface area contributed by atoms with E-state index in [9.17, 15) is 9.59 Å². The van der Waals surface area contributed by atoms with Gasteiger partial charge in [-0.25, -0.2) is 4.79 Å². The normalized spacial score (nSPS) is 12.6. The first-order chi connectivity index (χ1) is 8.92. The molecule has 5 heteroatoms. The summed E-state index contributed by atoms with van der Waals surface area (Å²) in [5.74, 6) is -0.902. The Labute approximate surface area is 112 Å². The molecule has 0 spiro atoms. The van der Waals surface area contributed by atoms with Crippen LogP contribution in [0.2, 0.25) is 0 Å². The number of nitrogens with one attached hydrogen (secondary N) is 1. The Bertz CT molecular complexity index is 442. The van der Waals surface area contributed by atoms with E-state index in [0.717, 1.165) is 0 Å². The van der Waals surface area contributed by atoms with Crippen LogP contribution in [0.3, 0.4) is 0 Å². The summed E-state index contributed by atoms with van der Waals surface area (Å²) < 4.78 is 9.80. The van der Waals surface area contributed by atoms with Crippen LogP contribution in [-0.4, -0.2) is 31.7 Å². The third-order valence-electron chi connectivity index (χ3n) is 2.90. The maximum atomic E-state index is 12.1. The molecular weight excluding hydrogens is 246 g/mol. The van der Waals surface area contributed by atoms with Crippen LogP contribution in [0.25, 0.3) is 0 Å². The van der Waals surface area contributed by atoms with Crippen molar-refractivity contribution >= 4 is 11.9 Å². The van der Waals surface area contributed by atoms with Gasteiger partial charge in [0, 0.05) is 7.11 Å². The largest absolute Gasteiger partial charge is 0.467 e. The van der Waals surface area contributed by atoms with E-state index in [1.54, 1.807) is 38.1 Å². The van der Waals surface area contributed by atoms with Crippen LogP contribution in [0.4, 0.5) is 0 Å². The number of hydrogen-bond acceptors (Lipinski definition) is 4. The molecule has 1 N–H and O–H groups in total. The lowest BCUT2D eigenvalue weighted by molar-refractivity contribution is -0.149. The van der Waals surface area contributed by atoms with E-state index in [4.69, 9.17) is 9.47 Å². The standard InChI is InChI=1S/C14H19NO4/c1-14(2,19-4)13(17)15-11(12(16)18-3)10-8-6-5-7-9-10/h5-9,11H,1-4H3,(H,15,17). The Morgan fingerprint density at radius 1 is 1.16 bits per heavy atom. The van der Waals surface area contributed by atoms with Crippen LogP contribution in [0.15, 0.2) is 30.3 Å². The summed E-state index contributed by atoms with van der Waals surface area (Å²) in [6.07, 6.45) is 0. The first kappa shape index (κ1) is 15.2. The quantitative estimate of drug-likeness (QED) is 0.818. The van der Waals surface area contributed by atoms with Gasteiger partial charge in [-0.05, 0) is 19.4 Å². The molecule has 0 aromatic heterocycles. The minimum atomic E-state index is -1.01. The van der Waals surface area contributed by atoms with Gasteiger partial charge in [0.2, 0.25) is 0 Å². The third-order valence-corrected chi connectivity index (χ3v) is 2.90. The highest BCUT2D eigenvalue weighted by Gasteiger charge is 2.32. The third kappa shape index (κ3) is 3.79. The van der Waals surface area contributed by atoms with Gasteiger partial charge in [0.05, 0.1) is 7.11 Å². The average Bonchev–Trinajstić information content (AvgIpc) is 2.44. The second-order valence-electron chi connectivity index (χ2n) is 4.55. The van der Waals surface area contributed by atoms with Crippen molar-refractivity contribution in [3.05, 3.63) is 35.9 Å². The number of ether oxygens (including phenoxy) is 2. The van der Waals surface area contributed by atoms with E-state index in [0.29, 0.717) is 5.56 Å². The molecule has 0 saturated heterocycles. The predicted molar refractivity (Wildman–Crippen MR) is 70.4 cm³/mol. The molecule has 0 aliphatic heterocycles. The molecule has 0 heterocycles. The van der Waals surface area contributed by atoms with Crippen LogP contribution >= 0.6 is 0 Å². The molecule has 0 saturated carbocycles. The van der Waals surface area contributed by atoms with Crippen LogP contribution in [0, 0.1) is 0 Å². The van der Waals surface area contributed by atoms with E-state index in [-0.39, 0.29) is 5.91 Å². The van der Waals surface area contributed by atoms with Gasteiger partial charge < -0.3 is 14.8 Å². The number of carbonyl (C=O) groups is 2. The Hall–Kier alpha value is -1.88. The maximum absolute atomic E-state index is 12.1. The smallest absolute Gasteiger partial charge is 0.333 e. The molecule has 1 rings (SSSR count). The van der Waals surface area contributed by atoms with Crippen molar-refractivity contribution in [1.82, 2.24) is 5.32 Å². The molecular formula is C14H19NO4. The fourth-order valence-electron chi connectivity index (χ4n) is 1.44. The summed E-state index contributed by atoms with van der Waals surface area (Å²) in [5, 5.41) is 2.64. The number of methoxy groups -OCH3 is 2. The SMILES string of the molecule is COC(=O)C(NC(=O)C(C)(C)OC)c1ccccc1. The van der Waals surface area contributed by atoms with Gasteiger partial charge in [-0.15, -0.1) is 0 Å². The Morgan fingerprint density at radius 2 is 1.74 bits per heavy atom. The fourth-order valence-corrected chi connectivity index (χ4v) is 1.44. The molecule has 0 aliphatic rings. The van der Waals surface area contributed by atoms with Crippen molar-refractivity contribution < 1.29 is 19.1 Å². The monoisotopic (exact) mass is 265 g/mol. The number of amides is 1. The zero-order chi connectivity index (χ0) is 14.5. The van der Waals surface area contributed by atoms with E-state index < -0.39 is 17.6 Å². The van der Waals surface area contributed by atoms with Crippen LogP contribution in [-0.2, 0) is 19.1 Å². The van der Waals surface area contributed by atoms with Crippen LogP contribution < -0.4 is 5.32 Å². The van der Waals surface area contributed by atoms with Crippen molar-refractivity contribution in [3.8, 4) is 0 Å². The Morgan fingerprint density at radius 3 is 2.21 bits per heavy atom. The molecule has 1 aromatic carbocycles. The van der Waals surface area contributed by atoms with E-state index in [2.05, 4.69) is 5.32 Å². The van der Waals surface area contributed by atoms with Crippen molar-refractivity contribution in [2.24, 2.45) is 0 Å². The fraction of sp³-hybridized carbons (Fsp3) is 0.429. The summed E-state index contributed by atoms with van der Waals surface area (Å²) in [7, 11) is 2.72. The summed E-state index contributed by atoms with van der Waals surface area (Å²) >= 11 is 0. The molecule has 19 heavy (non-hydrogen) atoms. The number of esters is 1. The number of hydrogen-bond donors (Lipinski definition) is 1. The first-order valence-electron chi connectivity index (χ1n) is 5.91. The topological polar surface area (TPSA) is 64.6 Å². The van der Waals surface area contributed by atoms with E-state index in [1.165, 1.54) is 14.2 Å². The minimum absolute atomic E-state index is 0.380. The molecule has 1 aromatic rings. The van der Waals surface area contributed by atoms with Crippen molar-refractivity contribution in [2.45, 2.75) is 25.5 Å². The zero-order valence-corrected chi connectivity index (χ0v) is 11.6. The molecule has 104 valence electrons. The van der Waals surface area contributed by atoms with E-state index >= 15 is 0 Å². The average molecular weight is 265 g/mol. The zero-order valence-electron chi connectivity index (χ0n) is 11.6. The highest BCUT2D eigenvalue weighted by molar-refractivity contribution is 5.89. The second kappa shape index (κ2) is 6.33. The number of benzene rings is 1. The molecule has 0 bridgehead atoms. The minimum Gasteiger partial charge on any atom is -0.467 e. The molecule has 1 amide bonds. The van der Waals surface area contributed by atoms with Crippen molar-refractivity contribution in [2.75, 3.05) is 14.2 Å². The van der Waals surface area contributed by atoms with Gasteiger partial charge in [0.25, 0.3) is 5.91 Å². The highest BCUT2D eigenvalue weighted by atomic mass is 16.5. The summed E-state index contributed by atoms with van der Waals surface area (Å²) in [6.45, 7) is 3.25. The van der Waals surface area contributed by atoms with Crippen LogP contribution in [0.5, 0.6) is 0 Å². The maximum Gasteiger partial charge on any atom is 0.333 e. The summed E-state index contributed by atoms with van der Waals surface area (Å²) in [4.78, 5) is 23.8. The molecule has 1 unspecified atom stereocenters. The summed E-state index contributed by atoms with van der Waals surface area (Å²) in [6, 6.07) is 8.08. The second-order valence-corrected chi connectivity index (χ2v) is 4.55. The Kier molecular flexibility index (Phi) is 5.06. The number of rotatable bonds is 5. The summed E-state index contributed by atoms with van der Waals surface area (Å²) in [5.41, 5.74) is -0.351. The van der Waals surface area contributed by atoms with Crippen LogP contribution in [0.1, 0.15) is 25.5 Å². The van der Waals surface area contributed by atoms with Gasteiger partial charge in [0.15, 0.2) is 6.04 Å². The lowest BCUT2D eigenvalue weighted by Crippen LogP contribution is -2.47. The van der Waals surface area contributed by atoms with Gasteiger partial charge >= 0.3 is 5.97 Å². The van der Waals surface area contributed by atoms with Crippen molar-refractivity contribution in [3.63, 3.8) is 0 Å². The predicted octanol–water partition coefficient (Wildman–Crippen LogP) is 1.44. The molecule has 5 nitrogen and oxygen atoms in total. The highest BCUT2D eigenvalue weighted by Crippen LogP contribution is 2.17. The number of carbonyl (C=O) groups excluding carboxylic acids is 2. The van der Waals surface area contributed by atoms with Gasteiger partial charge in [0.1, 0.15) is 5.60 Å². The molecule has 0 aliphatic carbocycles.